The Morgan fingerprint density at radius 1 is 0.740 bits per heavy atom. The van der Waals surface area contributed by atoms with Crippen molar-refractivity contribution in [1.29, 1.82) is 0 Å². The van der Waals surface area contributed by atoms with E-state index in [-0.39, 0.29) is 49.1 Å². The number of ether oxygens (including phenoxy) is 6. The van der Waals surface area contributed by atoms with Gasteiger partial charge in [-0.3, -0.25) is 9.59 Å². The number of carbonyl (C=O) groups excluding carboxylic acids is 2. The first-order valence-corrected chi connectivity index (χ1v) is 18.3. The number of benzene rings is 3. The number of hydrogen-bond acceptors (Lipinski definition) is 8. The molecule has 0 aliphatic carbocycles. The zero-order chi connectivity index (χ0) is 35.0. The van der Waals surface area contributed by atoms with Crippen molar-refractivity contribution in [3.8, 4) is 5.75 Å². The van der Waals surface area contributed by atoms with Crippen molar-refractivity contribution < 1.29 is 38.0 Å². The molecule has 3 saturated heterocycles. The molecule has 268 valence electrons. The zero-order valence-corrected chi connectivity index (χ0v) is 29.7. The average molecular weight is 685 g/mol. The Morgan fingerprint density at radius 2 is 1.44 bits per heavy atom. The molecule has 0 amide bonds. The smallest absolute Gasteiger partial charge is 0.309 e. The fourth-order valence-electron chi connectivity index (χ4n) is 7.74. The number of cyclic esters (lactones) is 1. The molecule has 3 aromatic carbocycles. The highest BCUT2D eigenvalue weighted by molar-refractivity contribution is 5.73. The quantitative estimate of drug-likeness (QED) is 0.140. The lowest BCUT2D eigenvalue weighted by molar-refractivity contribution is -0.381. The van der Waals surface area contributed by atoms with Crippen LogP contribution >= 0.6 is 0 Å². The molecule has 6 rings (SSSR count). The number of carbonyl (C=O) groups is 2. The van der Waals surface area contributed by atoms with E-state index in [0.717, 1.165) is 49.0 Å². The number of hydrogen-bond donors (Lipinski definition) is 0. The molecule has 6 atom stereocenters. The summed E-state index contributed by atoms with van der Waals surface area (Å²) in [7, 11) is 0. The molecule has 8 heteroatoms. The third kappa shape index (κ3) is 9.53. The Bertz CT molecular complexity index is 1540. The minimum Gasteiger partial charge on any atom is -0.489 e. The number of esters is 2. The first kappa shape index (κ1) is 36.1. The minimum atomic E-state index is -0.972. The third-order valence-electron chi connectivity index (χ3n) is 10.4. The van der Waals surface area contributed by atoms with Gasteiger partial charge in [-0.15, -0.1) is 0 Å². The van der Waals surface area contributed by atoms with E-state index in [9.17, 15) is 9.59 Å². The largest absolute Gasteiger partial charge is 0.489 e. The normalized spacial score (nSPS) is 28.0. The summed E-state index contributed by atoms with van der Waals surface area (Å²) in [4.78, 5) is 26.6. The highest BCUT2D eigenvalue weighted by Gasteiger charge is 2.58. The molecule has 3 aromatic rings. The molecule has 3 fully saturated rings. The second-order valence-corrected chi connectivity index (χ2v) is 15.0. The van der Waals surface area contributed by atoms with Gasteiger partial charge >= 0.3 is 11.9 Å². The fourth-order valence-corrected chi connectivity index (χ4v) is 7.74. The summed E-state index contributed by atoms with van der Waals surface area (Å²) in [6.07, 6.45) is 3.94. The molecule has 0 saturated carbocycles. The van der Waals surface area contributed by atoms with Gasteiger partial charge in [-0.2, -0.15) is 0 Å². The minimum absolute atomic E-state index is 0.0614. The van der Waals surface area contributed by atoms with Crippen LogP contribution in [0.4, 0.5) is 0 Å². The van der Waals surface area contributed by atoms with E-state index < -0.39 is 23.8 Å². The maximum Gasteiger partial charge on any atom is 0.309 e. The molecule has 1 spiro atoms. The van der Waals surface area contributed by atoms with Gasteiger partial charge in [0.05, 0.1) is 38.3 Å². The van der Waals surface area contributed by atoms with Gasteiger partial charge in [0.15, 0.2) is 5.79 Å². The van der Waals surface area contributed by atoms with Gasteiger partial charge in [0.1, 0.15) is 24.6 Å². The molecule has 3 aliphatic heterocycles. The van der Waals surface area contributed by atoms with Gasteiger partial charge in [0.25, 0.3) is 0 Å². The summed E-state index contributed by atoms with van der Waals surface area (Å²) >= 11 is 0. The van der Waals surface area contributed by atoms with Crippen LogP contribution in [0.2, 0.25) is 0 Å². The Kier molecular flexibility index (Phi) is 11.9. The Hall–Kier alpha value is -3.72. The number of aryl methyl sites for hydroxylation is 1. The Labute approximate surface area is 296 Å². The second-order valence-electron chi connectivity index (χ2n) is 15.0. The lowest BCUT2D eigenvalue weighted by Gasteiger charge is -2.57. The third-order valence-corrected chi connectivity index (χ3v) is 10.4. The summed E-state index contributed by atoms with van der Waals surface area (Å²) in [5, 5.41) is 0. The van der Waals surface area contributed by atoms with E-state index in [0.29, 0.717) is 26.1 Å². The van der Waals surface area contributed by atoms with Crippen molar-refractivity contribution in [3.05, 3.63) is 102 Å². The maximum absolute atomic E-state index is 13.4. The standard InChI is InChI=1S/C42H52O8/c1-30-25-41(2,3)42-26-36(47-39(43)23-37(48-40(44)24-38(30)50-42)29-45-27-32-14-6-4-7-15-32)22-35(49-42)19-11-10-13-31-18-12-20-34(21-31)46-28-33-16-8-5-9-17-33/h4-9,12,14-18,20-21,30,35-38H,10-11,13,19,22-29H2,1-3H3/t30-,35-,36-,37-,38+,42+/m1/s1. The molecule has 3 aliphatic rings. The van der Waals surface area contributed by atoms with Crippen LogP contribution in [0.25, 0.3) is 0 Å². The van der Waals surface area contributed by atoms with Crippen molar-refractivity contribution >= 4 is 11.9 Å². The molecular formula is C42H52O8. The van der Waals surface area contributed by atoms with Crippen molar-refractivity contribution in [2.45, 2.75) is 122 Å². The van der Waals surface area contributed by atoms with Gasteiger partial charge < -0.3 is 28.4 Å². The average Bonchev–Trinajstić information content (AvgIpc) is 3.09. The van der Waals surface area contributed by atoms with Crippen LogP contribution < -0.4 is 4.74 Å². The topological polar surface area (TPSA) is 89.5 Å². The first-order valence-electron chi connectivity index (χ1n) is 18.3. The van der Waals surface area contributed by atoms with Gasteiger partial charge in [-0.1, -0.05) is 100.0 Å². The molecular weight excluding hydrogens is 632 g/mol. The highest BCUT2D eigenvalue weighted by atomic mass is 16.7. The molecule has 3 heterocycles. The lowest BCUT2D eigenvalue weighted by atomic mass is 9.68. The number of unbranched alkanes of at least 4 members (excludes halogenated alkanes) is 1. The Morgan fingerprint density at radius 3 is 2.20 bits per heavy atom. The van der Waals surface area contributed by atoms with Crippen LogP contribution in [0.15, 0.2) is 84.9 Å². The van der Waals surface area contributed by atoms with Crippen LogP contribution in [0, 0.1) is 11.3 Å². The van der Waals surface area contributed by atoms with Crippen LogP contribution in [0.1, 0.15) is 88.8 Å². The zero-order valence-electron chi connectivity index (χ0n) is 29.7. The SMILES string of the molecule is C[C@@H]1CC(C)(C)[C@@]23C[C@@H](C[C@@H](CCCCc4cccc(OCc5ccccc5)c4)O2)OC(=O)C[C@H](COCc2ccccc2)OC(=O)C[C@@H]1O3. The Balaban J connectivity index is 1.08. The predicted molar refractivity (Wildman–Crippen MR) is 189 cm³/mol. The lowest BCUT2D eigenvalue weighted by Crippen LogP contribution is -2.63. The molecule has 3 bridgehead atoms. The second kappa shape index (κ2) is 16.5. The predicted octanol–water partition coefficient (Wildman–Crippen LogP) is 8.14. The maximum atomic E-state index is 13.4. The molecule has 0 unspecified atom stereocenters. The summed E-state index contributed by atoms with van der Waals surface area (Å²) in [6, 6.07) is 28.3. The first-order chi connectivity index (χ1) is 24.2. The van der Waals surface area contributed by atoms with Gasteiger partial charge in [0, 0.05) is 18.3 Å². The highest BCUT2D eigenvalue weighted by Crippen LogP contribution is 2.53. The van der Waals surface area contributed by atoms with E-state index in [1.165, 1.54) is 5.56 Å². The van der Waals surface area contributed by atoms with Crippen molar-refractivity contribution in [2.75, 3.05) is 6.61 Å². The van der Waals surface area contributed by atoms with Crippen LogP contribution in [-0.2, 0) is 52.9 Å². The van der Waals surface area contributed by atoms with E-state index in [1.807, 2.05) is 60.7 Å². The molecule has 0 aromatic heterocycles. The number of rotatable bonds is 12. The van der Waals surface area contributed by atoms with Crippen molar-refractivity contribution in [2.24, 2.45) is 11.3 Å². The van der Waals surface area contributed by atoms with Gasteiger partial charge in [-0.05, 0) is 60.4 Å². The summed E-state index contributed by atoms with van der Waals surface area (Å²) in [6.45, 7) is 7.46. The van der Waals surface area contributed by atoms with Gasteiger partial charge in [0.2, 0.25) is 0 Å². The van der Waals surface area contributed by atoms with Crippen LogP contribution in [-0.4, -0.2) is 48.7 Å². The van der Waals surface area contributed by atoms with Gasteiger partial charge in [-0.25, -0.2) is 0 Å². The van der Waals surface area contributed by atoms with E-state index in [1.54, 1.807) is 0 Å². The summed E-state index contributed by atoms with van der Waals surface area (Å²) in [5.41, 5.74) is 3.03. The van der Waals surface area contributed by atoms with E-state index >= 15 is 0 Å². The number of fused-ring (bicyclic) bond motifs is 2. The van der Waals surface area contributed by atoms with Crippen LogP contribution in [0.3, 0.4) is 0 Å². The van der Waals surface area contributed by atoms with Crippen LogP contribution in [0.5, 0.6) is 5.75 Å². The summed E-state index contributed by atoms with van der Waals surface area (Å²) in [5.74, 6) is -0.787. The van der Waals surface area contributed by atoms with Crippen molar-refractivity contribution in [1.82, 2.24) is 0 Å². The molecule has 0 radical (unpaired) electrons. The van der Waals surface area contributed by atoms with Crippen molar-refractivity contribution in [3.63, 3.8) is 0 Å². The fraction of sp³-hybridized carbons (Fsp3) is 0.524. The molecule has 50 heavy (non-hydrogen) atoms. The monoisotopic (exact) mass is 684 g/mol. The van der Waals surface area contributed by atoms with E-state index in [2.05, 4.69) is 45.0 Å². The van der Waals surface area contributed by atoms with E-state index in [4.69, 9.17) is 28.4 Å². The molecule has 0 N–H and O–H groups in total. The summed E-state index contributed by atoms with van der Waals surface area (Å²) < 4.78 is 37.6. The molecule has 8 nitrogen and oxygen atoms in total.